The van der Waals surface area contributed by atoms with Crippen LogP contribution in [0, 0.1) is 12.8 Å². The topological polar surface area (TPSA) is 230 Å². The summed E-state index contributed by atoms with van der Waals surface area (Å²) in [6, 6.07) is 33.6. The van der Waals surface area contributed by atoms with Gasteiger partial charge in [-0.25, -0.2) is 4.79 Å². The molecule has 4 rings (SSSR count). The minimum absolute atomic E-state index is 0.0197. The van der Waals surface area contributed by atoms with E-state index in [9.17, 15) is 19.2 Å². The summed E-state index contributed by atoms with van der Waals surface area (Å²) in [5.74, 6) is -2.09. The van der Waals surface area contributed by atoms with Crippen LogP contribution in [-0.2, 0) is 53.1 Å². The monoisotopic (exact) mass is 996 g/mol. The molecule has 390 valence electrons. The van der Waals surface area contributed by atoms with Crippen LogP contribution in [0.4, 0.5) is 5.69 Å². The zero-order chi connectivity index (χ0) is 51.7. The Morgan fingerprint density at radius 2 is 1.11 bits per heavy atom. The van der Waals surface area contributed by atoms with Crippen LogP contribution in [0.15, 0.2) is 114 Å². The number of benzene rings is 4. The van der Waals surface area contributed by atoms with Crippen molar-refractivity contribution < 1.29 is 52.3 Å². The van der Waals surface area contributed by atoms with E-state index in [1.54, 1.807) is 24.3 Å². The molecule has 72 heavy (non-hydrogen) atoms. The van der Waals surface area contributed by atoms with Crippen molar-refractivity contribution in [3.63, 3.8) is 0 Å². The van der Waals surface area contributed by atoms with Gasteiger partial charge in [0.1, 0.15) is 12.1 Å². The maximum atomic E-state index is 14.0. The van der Waals surface area contributed by atoms with Crippen molar-refractivity contribution in [2.24, 2.45) is 11.0 Å². The molecular formula is C54H73N7O11. The number of nitrogens with one attached hydrogen (secondary N) is 4. The highest BCUT2D eigenvalue weighted by Crippen LogP contribution is 2.37. The van der Waals surface area contributed by atoms with Gasteiger partial charge in [-0.2, -0.15) is 0 Å². The molecule has 0 aliphatic heterocycles. The Bertz CT molecular complexity index is 2170. The largest absolute Gasteiger partial charge is 0.465 e. The molecule has 4 aromatic carbocycles. The number of unbranched alkanes of at least 4 members (excludes halogenated alkanes) is 1. The third-order valence-corrected chi connectivity index (χ3v) is 11.4. The summed E-state index contributed by atoms with van der Waals surface area (Å²) in [5.41, 5.74) is 12.7. The van der Waals surface area contributed by atoms with E-state index in [0.29, 0.717) is 110 Å². The first kappa shape index (κ1) is 58.4. The van der Waals surface area contributed by atoms with Crippen LogP contribution >= 0.6 is 0 Å². The minimum atomic E-state index is -0.950. The molecule has 4 N–H and O–H groups in total. The lowest BCUT2D eigenvalue weighted by Gasteiger charge is -2.37. The number of ether oxygens (including phenoxy) is 7. The molecule has 3 amide bonds. The maximum Gasteiger partial charge on any atom is 0.337 e. The molecule has 0 heterocycles. The van der Waals surface area contributed by atoms with Gasteiger partial charge in [0.25, 0.3) is 0 Å². The molecule has 18 heteroatoms. The van der Waals surface area contributed by atoms with Gasteiger partial charge in [-0.05, 0) is 85.1 Å². The Balaban J connectivity index is 1.25. The van der Waals surface area contributed by atoms with Gasteiger partial charge in [0, 0.05) is 23.6 Å². The predicted molar refractivity (Wildman–Crippen MR) is 274 cm³/mol. The smallest absolute Gasteiger partial charge is 0.337 e. The van der Waals surface area contributed by atoms with Crippen molar-refractivity contribution >= 4 is 29.4 Å². The first-order valence-corrected chi connectivity index (χ1v) is 24.6. The van der Waals surface area contributed by atoms with Crippen LogP contribution in [0.2, 0.25) is 0 Å². The molecule has 0 aliphatic rings. The van der Waals surface area contributed by atoms with Crippen LogP contribution < -0.4 is 21.3 Å². The van der Waals surface area contributed by atoms with Crippen molar-refractivity contribution in [1.29, 1.82) is 0 Å². The average molecular weight is 996 g/mol. The summed E-state index contributed by atoms with van der Waals surface area (Å²) in [5, 5.41) is 16.0. The van der Waals surface area contributed by atoms with Crippen LogP contribution in [-0.4, -0.2) is 135 Å². The fourth-order valence-electron chi connectivity index (χ4n) is 7.60. The van der Waals surface area contributed by atoms with Gasteiger partial charge in [0.2, 0.25) is 17.7 Å². The van der Waals surface area contributed by atoms with E-state index in [0.717, 1.165) is 22.3 Å². The average Bonchev–Trinajstić information content (AvgIpc) is 3.39. The molecule has 0 spiro atoms. The van der Waals surface area contributed by atoms with Gasteiger partial charge in [0.15, 0.2) is 0 Å². The Labute approximate surface area is 423 Å². The molecule has 18 nitrogen and oxygen atoms in total. The number of anilines is 1. The second-order valence-corrected chi connectivity index (χ2v) is 17.1. The summed E-state index contributed by atoms with van der Waals surface area (Å²) in [4.78, 5) is 55.8. The zero-order valence-electron chi connectivity index (χ0n) is 42.2. The molecule has 4 aromatic rings. The summed E-state index contributed by atoms with van der Waals surface area (Å²) in [6.07, 6.45) is 1.56. The highest BCUT2D eigenvalue weighted by molar-refractivity contribution is 5.99. The number of azide groups is 1. The van der Waals surface area contributed by atoms with E-state index in [-0.39, 0.29) is 31.5 Å². The lowest BCUT2D eigenvalue weighted by atomic mass is 9.76. The number of aryl methyl sites for hydroxylation is 1. The Morgan fingerprint density at radius 3 is 1.61 bits per heavy atom. The zero-order valence-corrected chi connectivity index (χ0v) is 42.2. The van der Waals surface area contributed by atoms with E-state index in [4.69, 9.17) is 38.7 Å². The van der Waals surface area contributed by atoms with Gasteiger partial charge in [-0.15, -0.1) is 0 Å². The fourth-order valence-corrected chi connectivity index (χ4v) is 7.60. The summed E-state index contributed by atoms with van der Waals surface area (Å²) >= 11 is 0. The molecule has 0 saturated carbocycles. The number of hydrogen-bond acceptors (Lipinski definition) is 13. The van der Waals surface area contributed by atoms with Crippen LogP contribution in [0.25, 0.3) is 10.4 Å². The van der Waals surface area contributed by atoms with Gasteiger partial charge < -0.3 is 49.1 Å². The van der Waals surface area contributed by atoms with Crippen molar-refractivity contribution in [2.75, 3.05) is 105 Å². The first-order valence-electron chi connectivity index (χ1n) is 24.6. The molecule has 0 aromatic heterocycles. The third kappa shape index (κ3) is 20.9. The van der Waals surface area contributed by atoms with Crippen molar-refractivity contribution in [2.45, 2.75) is 64.1 Å². The fraction of sp³-hybridized carbons (Fsp3) is 0.481. The highest BCUT2D eigenvalue weighted by Gasteiger charge is 2.36. The minimum Gasteiger partial charge on any atom is -0.465 e. The molecule has 0 radical (unpaired) electrons. The first-order chi connectivity index (χ1) is 35.1. The van der Waals surface area contributed by atoms with Crippen molar-refractivity contribution in [3.05, 3.63) is 147 Å². The Kier molecular flexibility index (Phi) is 27.7. The Morgan fingerprint density at radius 1 is 0.611 bits per heavy atom. The predicted octanol–water partition coefficient (Wildman–Crippen LogP) is 6.90. The van der Waals surface area contributed by atoms with E-state index in [2.05, 4.69) is 86.7 Å². The van der Waals surface area contributed by atoms with Crippen LogP contribution in [0.3, 0.4) is 0 Å². The number of rotatable bonds is 37. The van der Waals surface area contributed by atoms with E-state index < -0.39 is 35.4 Å². The number of nitrogens with zero attached hydrogens (tertiary/aromatic N) is 3. The van der Waals surface area contributed by atoms with Crippen LogP contribution in [0.5, 0.6) is 0 Å². The number of hydrogen-bond donors (Lipinski definition) is 4. The number of methoxy groups -OCH3 is 1. The summed E-state index contributed by atoms with van der Waals surface area (Å²) in [7, 11) is 1.30. The standard InChI is InChI=1S/C54H73N7O11/c1-41(2)50(60-49(62)26-29-67-31-33-69-35-37-71-39-40-72-38-36-70-34-32-68-30-28-57-61-55)52(64)59-48(51(63)58-47-24-20-43(21-25-47)53(65)66-4)17-11-12-27-56-54(44-13-7-5-8-14-44,45-15-9-6-10-16-45)46-22-18-42(3)19-23-46/h5-10,13-16,18-25,41,48,50,56H,11-12,17,26-40H2,1-4H3,(H,58,63)(H,59,64)(H,60,62). The van der Waals surface area contributed by atoms with Crippen molar-refractivity contribution in [1.82, 2.24) is 16.0 Å². The van der Waals surface area contributed by atoms with E-state index in [1.165, 1.54) is 7.11 Å². The number of carbonyl (C=O) groups is 4. The molecule has 0 bridgehead atoms. The van der Waals surface area contributed by atoms with Gasteiger partial charge in [-0.3, -0.25) is 19.7 Å². The van der Waals surface area contributed by atoms with E-state index in [1.807, 2.05) is 50.2 Å². The second-order valence-electron chi connectivity index (χ2n) is 17.1. The summed E-state index contributed by atoms with van der Waals surface area (Å²) in [6.45, 7) is 11.0. The Hall–Kier alpha value is -6.21. The number of carbonyl (C=O) groups excluding carboxylic acids is 4. The normalized spacial score (nSPS) is 12.1. The molecule has 2 unspecified atom stereocenters. The van der Waals surface area contributed by atoms with Crippen LogP contribution in [0.1, 0.15) is 72.1 Å². The van der Waals surface area contributed by atoms with Gasteiger partial charge in [0.05, 0.1) is 97.5 Å². The molecule has 0 fully saturated rings. The lowest BCUT2D eigenvalue weighted by molar-refractivity contribution is -0.132. The maximum absolute atomic E-state index is 14.0. The molecular weight excluding hydrogens is 923 g/mol. The molecule has 0 aliphatic carbocycles. The second kappa shape index (κ2) is 34.2. The highest BCUT2D eigenvalue weighted by atomic mass is 16.6. The van der Waals surface area contributed by atoms with Gasteiger partial charge >= 0.3 is 5.97 Å². The number of amides is 3. The summed E-state index contributed by atoms with van der Waals surface area (Å²) < 4.78 is 37.6. The molecule has 2 atom stereocenters. The van der Waals surface area contributed by atoms with Crippen molar-refractivity contribution in [3.8, 4) is 0 Å². The van der Waals surface area contributed by atoms with Gasteiger partial charge in [-0.1, -0.05) is 109 Å². The number of esters is 1. The quantitative estimate of drug-likeness (QED) is 0.00904. The lowest BCUT2D eigenvalue weighted by Crippen LogP contribution is -2.54. The third-order valence-electron chi connectivity index (χ3n) is 11.4. The van der Waals surface area contributed by atoms with E-state index >= 15 is 0 Å². The SMILES string of the molecule is COC(=O)c1ccc(NC(=O)C(CCCCNC(c2ccccc2)(c2ccccc2)c2ccc(C)cc2)NC(=O)C(NC(=O)CCOCCOCCOCCOCCOCCOCCN=[N+]=[N-])C(C)C)cc1. The molecule has 0 saturated heterocycles.